The van der Waals surface area contributed by atoms with Gasteiger partial charge >= 0.3 is 0 Å². The molecule has 0 radical (unpaired) electrons. The van der Waals surface area contributed by atoms with Gasteiger partial charge in [0, 0.05) is 49.3 Å². The Labute approximate surface area is 328 Å². The Morgan fingerprint density at radius 1 is 0.614 bits per heavy atom. The van der Waals surface area contributed by atoms with Crippen molar-refractivity contribution in [1.82, 2.24) is 29.4 Å². The van der Waals surface area contributed by atoms with Crippen LogP contribution in [-0.4, -0.2) is 35.8 Å². The van der Waals surface area contributed by atoms with Gasteiger partial charge in [0.25, 0.3) is 0 Å². The van der Waals surface area contributed by atoms with E-state index in [1.807, 2.05) is 66.7 Å². The van der Waals surface area contributed by atoms with Gasteiger partial charge in [-0.25, -0.2) is 24.9 Å². The molecule has 0 bridgehead atoms. The average molecular weight is 735 g/mol. The normalized spacial score (nSPS) is 15.4. The molecule has 11 rings (SSSR count). The van der Waals surface area contributed by atoms with Gasteiger partial charge in [-0.15, -0.1) is 0 Å². The molecule has 3 aromatic heterocycles. The average Bonchev–Trinajstić information content (AvgIpc) is 3.80. The van der Waals surface area contributed by atoms with Crippen LogP contribution in [0.2, 0.25) is 0 Å². The number of aromatic nitrogens is 5. The summed E-state index contributed by atoms with van der Waals surface area (Å²) in [7, 11) is 0. The highest BCUT2D eigenvalue weighted by Gasteiger charge is 2.28. The molecule has 4 heterocycles. The molecule has 1 N–H and O–H groups in total. The fourth-order valence-corrected chi connectivity index (χ4v) is 8.23. The summed E-state index contributed by atoms with van der Waals surface area (Å²) in [5.74, 6) is 3.37. The van der Waals surface area contributed by atoms with Gasteiger partial charge in [0.15, 0.2) is 23.3 Å². The molecule has 9 aromatic rings. The van der Waals surface area contributed by atoms with Crippen molar-refractivity contribution in [2.24, 2.45) is 9.98 Å². The van der Waals surface area contributed by atoms with Crippen molar-refractivity contribution in [3.63, 3.8) is 0 Å². The van der Waals surface area contributed by atoms with E-state index >= 15 is 0 Å². The van der Waals surface area contributed by atoms with Gasteiger partial charge in [0.2, 0.25) is 6.29 Å². The lowest BCUT2D eigenvalue weighted by atomic mass is 10.1. The molecule has 0 saturated heterocycles. The van der Waals surface area contributed by atoms with Crippen LogP contribution >= 0.6 is 0 Å². The lowest BCUT2D eigenvalue weighted by Crippen LogP contribution is -2.37. The van der Waals surface area contributed by atoms with Crippen molar-refractivity contribution in [3.05, 3.63) is 187 Å². The van der Waals surface area contributed by atoms with Crippen molar-refractivity contribution < 1.29 is 0 Å². The summed E-state index contributed by atoms with van der Waals surface area (Å²) < 4.78 is 4.73. The Kier molecular flexibility index (Phi) is 7.81. The lowest BCUT2D eigenvalue weighted by molar-refractivity contribution is 0.516. The number of fused-ring (bicyclic) bond motifs is 7. The molecule has 1 aliphatic carbocycles. The molecule has 1 unspecified atom stereocenters. The Morgan fingerprint density at radius 2 is 1.30 bits per heavy atom. The number of nitrogens with one attached hydrogen (secondary N) is 1. The minimum Gasteiger partial charge on any atom is -0.331 e. The highest BCUT2D eigenvalue weighted by molar-refractivity contribution is 6.23. The summed E-state index contributed by atoms with van der Waals surface area (Å²) >= 11 is 0. The molecule has 0 spiro atoms. The standard InChI is InChI=1S/C49H34N8/c1-5-17-32(18-6-1)45-50-42(51-46(52-45)33-19-7-2-8-20-33)31-56-40-27-15-13-25-36(40)38-29-30-39-37-26-14-16-28-41(37)57(44(39)43(38)56)49-54-47(34-21-9-3-10-22-34)53-48(55-49)35-23-11-4-12-24-35/h1,3,5-7,9-11,13-30,49H,4,12,31H2,(H,53,54,55). The number of allylic oxidation sites excluding steroid dienone is 2. The van der Waals surface area contributed by atoms with Crippen molar-refractivity contribution in [2.75, 3.05) is 0 Å². The SMILES string of the molecule is c1ccc(-c2nc(Cn3c4ccccc4c4ccc5c6ccccc6n(C6N=C(c7ccccc7)N=C(C7=CCCC=C7)N6)c5c43)nc(-c3ccccc3)n2)cc#1. The van der Waals surface area contributed by atoms with Crippen LogP contribution in [0.15, 0.2) is 173 Å². The minimum atomic E-state index is -0.497. The Bertz CT molecular complexity index is 3060. The second-order valence-electron chi connectivity index (χ2n) is 14.3. The quantitative estimate of drug-likeness (QED) is 0.177. The van der Waals surface area contributed by atoms with Crippen molar-refractivity contribution in [2.45, 2.75) is 25.7 Å². The number of hydrogen-bond donors (Lipinski definition) is 1. The molecule has 6 aromatic carbocycles. The molecule has 8 heteroatoms. The van der Waals surface area contributed by atoms with E-state index in [4.69, 9.17) is 24.9 Å². The monoisotopic (exact) mass is 734 g/mol. The van der Waals surface area contributed by atoms with E-state index in [9.17, 15) is 0 Å². The van der Waals surface area contributed by atoms with Crippen LogP contribution in [0, 0.1) is 12.1 Å². The number of aliphatic imine (C=N–C) groups is 2. The summed E-state index contributed by atoms with van der Waals surface area (Å²) in [5, 5.41) is 8.37. The molecule has 0 amide bonds. The van der Waals surface area contributed by atoms with Crippen molar-refractivity contribution >= 4 is 55.3 Å². The molecule has 8 nitrogen and oxygen atoms in total. The highest BCUT2D eigenvalue weighted by atomic mass is 15.3. The molecule has 0 fully saturated rings. The molecular weight excluding hydrogens is 701 g/mol. The van der Waals surface area contributed by atoms with Crippen LogP contribution in [0.1, 0.15) is 30.5 Å². The van der Waals surface area contributed by atoms with Crippen LogP contribution in [0.4, 0.5) is 0 Å². The van der Waals surface area contributed by atoms with E-state index in [1.54, 1.807) is 0 Å². The van der Waals surface area contributed by atoms with Crippen LogP contribution in [0.5, 0.6) is 0 Å². The van der Waals surface area contributed by atoms with Crippen molar-refractivity contribution in [3.8, 4) is 22.8 Å². The van der Waals surface area contributed by atoms with Gasteiger partial charge in [-0.1, -0.05) is 140 Å². The molecule has 1 atom stereocenters. The molecule has 2 aliphatic rings. The third-order valence-electron chi connectivity index (χ3n) is 10.8. The number of hydrogen-bond acceptors (Lipinski definition) is 6. The van der Waals surface area contributed by atoms with Gasteiger partial charge < -0.3 is 9.88 Å². The van der Waals surface area contributed by atoms with Crippen LogP contribution in [-0.2, 0) is 6.54 Å². The second kappa shape index (κ2) is 13.6. The zero-order chi connectivity index (χ0) is 37.7. The zero-order valence-corrected chi connectivity index (χ0v) is 30.8. The Balaban J connectivity index is 1.17. The summed E-state index contributed by atoms with van der Waals surface area (Å²) in [6, 6.07) is 53.8. The number of amidine groups is 2. The number of rotatable bonds is 7. The first-order valence-corrected chi connectivity index (χ1v) is 19.2. The Morgan fingerprint density at radius 3 is 2.04 bits per heavy atom. The van der Waals surface area contributed by atoms with Crippen molar-refractivity contribution in [1.29, 1.82) is 0 Å². The topological polar surface area (TPSA) is 85.3 Å². The highest BCUT2D eigenvalue weighted by Crippen LogP contribution is 2.41. The maximum absolute atomic E-state index is 5.39. The van der Waals surface area contributed by atoms with E-state index in [-0.39, 0.29) is 0 Å². The predicted molar refractivity (Wildman–Crippen MR) is 229 cm³/mol. The van der Waals surface area contributed by atoms with Gasteiger partial charge in [-0.05, 0) is 43.2 Å². The zero-order valence-electron chi connectivity index (χ0n) is 30.8. The van der Waals surface area contributed by atoms with E-state index in [1.165, 1.54) is 0 Å². The van der Waals surface area contributed by atoms with Gasteiger partial charge in [-0.3, -0.25) is 4.57 Å². The van der Waals surface area contributed by atoms with E-state index in [0.29, 0.717) is 29.9 Å². The fourth-order valence-electron chi connectivity index (χ4n) is 8.23. The maximum Gasteiger partial charge on any atom is 0.204 e. The van der Waals surface area contributed by atoms with Gasteiger partial charge in [0.1, 0.15) is 5.84 Å². The summed E-state index contributed by atoms with van der Waals surface area (Å²) in [6.07, 6.45) is 8.14. The first-order valence-electron chi connectivity index (χ1n) is 19.2. The third-order valence-corrected chi connectivity index (χ3v) is 10.8. The van der Waals surface area contributed by atoms with Crippen LogP contribution in [0.3, 0.4) is 0 Å². The number of benzene rings is 5. The molecular formula is C49H34N8. The number of para-hydroxylation sites is 2. The van der Waals surface area contributed by atoms with E-state index < -0.39 is 6.29 Å². The van der Waals surface area contributed by atoms with Gasteiger partial charge in [0.05, 0.1) is 23.1 Å². The first kappa shape index (κ1) is 32.8. The smallest absolute Gasteiger partial charge is 0.204 e. The van der Waals surface area contributed by atoms with Crippen LogP contribution in [0.25, 0.3) is 66.4 Å². The predicted octanol–water partition coefficient (Wildman–Crippen LogP) is 10.3. The van der Waals surface area contributed by atoms with E-state index in [0.717, 1.165) is 84.6 Å². The molecule has 1 aliphatic heterocycles. The first-order chi connectivity index (χ1) is 28.3. The maximum atomic E-state index is 5.39. The molecule has 57 heavy (non-hydrogen) atoms. The third kappa shape index (κ3) is 5.68. The summed E-state index contributed by atoms with van der Waals surface area (Å²) in [6.45, 7) is 0.406. The van der Waals surface area contributed by atoms with E-state index in [2.05, 4.69) is 118 Å². The second-order valence-corrected chi connectivity index (χ2v) is 14.3. The number of nitrogens with zero attached hydrogens (tertiary/aromatic N) is 7. The molecule has 270 valence electrons. The lowest BCUT2D eigenvalue weighted by Gasteiger charge is -2.27. The summed E-state index contributed by atoms with van der Waals surface area (Å²) in [5.41, 5.74) is 8.13. The largest absolute Gasteiger partial charge is 0.331 e. The van der Waals surface area contributed by atoms with Gasteiger partial charge in [-0.2, -0.15) is 0 Å². The molecule has 0 saturated carbocycles. The fraction of sp³-hybridized carbons (Fsp3) is 0.0816. The van der Waals surface area contributed by atoms with Crippen LogP contribution < -0.4 is 5.32 Å². The minimum absolute atomic E-state index is 0.406. The summed E-state index contributed by atoms with van der Waals surface area (Å²) in [4.78, 5) is 25.7. The Hall–Kier alpha value is -7.63.